The fourth-order valence-electron chi connectivity index (χ4n) is 1.97. The van der Waals surface area contributed by atoms with E-state index >= 15 is 0 Å². The summed E-state index contributed by atoms with van der Waals surface area (Å²) in [6, 6.07) is -0.521. The predicted molar refractivity (Wildman–Crippen MR) is 74.4 cm³/mol. The molecular weight excluding hydrogens is 252 g/mol. The highest BCUT2D eigenvalue weighted by Crippen LogP contribution is 2.02. The van der Waals surface area contributed by atoms with E-state index in [4.69, 9.17) is 9.84 Å². The number of thiol groups is 1. The molecule has 2 N–H and O–H groups in total. The van der Waals surface area contributed by atoms with E-state index in [1.807, 2.05) is 0 Å². The number of hydrogen-bond donors (Lipinski definition) is 3. The molecule has 1 heterocycles. The molecule has 18 heavy (non-hydrogen) atoms. The lowest BCUT2D eigenvalue weighted by atomic mass is 10.2. The Bertz CT molecular complexity index is 235. The molecule has 0 aromatic rings. The van der Waals surface area contributed by atoms with Gasteiger partial charge in [0.25, 0.3) is 0 Å². The first-order chi connectivity index (χ1) is 8.74. The van der Waals surface area contributed by atoms with Gasteiger partial charge in [0.15, 0.2) is 0 Å². The Morgan fingerprint density at radius 2 is 2.06 bits per heavy atom. The van der Waals surface area contributed by atoms with Crippen molar-refractivity contribution in [2.24, 2.45) is 0 Å². The maximum absolute atomic E-state index is 10.7. The molecule has 1 saturated heterocycles. The van der Waals surface area contributed by atoms with Crippen LogP contribution in [0.1, 0.15) is 19.3 Å². The van der Waals surface area contributed by atoms with E-state index in [-0.39, 0.29) is 0 Å². The lowest BCUT2D eigenvalue weighted by molar-refractivity contribution is -0.138. The molecule has 0 bridgehead atoms. The topological polar surface area (TPSA) is 61.8 Å². The van der Waals surface area contributed by atoms with Gasteiger partial charge in [-0.15, -0.1) is 0 Å². The number of carboxylic acids is 1. The predicted octanol–water partition coefficient (Wildman–Crippen LogP) is 0.461. The summed E-state index contributed by atoms with van der Waals surface area (Å²) >= 11 is 4.01. The van der Waals surface area contributed by atoms with Crippen LogP contribution in [0, 0.1) is 0 Å². The minimum absolute atomic E-state index is 0.336. The summed E-state index contributed by atoms with van der Waals surface area (Å²) in [5.74, 6) is -0.485. The maximum atomic E-state index is 10.7. The van der Waals surface area contributed by atoms with Crippen LogP contribution < -0.4 is 5.32 Å². The Kier molecular flexibility index (Phi) is 8.41. The zero-order valence-electron chi connectivity index (χ0n) is 10.8. The third-order valence-corrected chi connectivity index (χ3v) is 3.49. The van der Waals surface area contributed by atoms with E-state index in [9.17, 15) is 4.79 Å². The van der Waals surface area contributed by atoms with Gasteiger partial charge in [0.05, 0.1) is 13.2 Å². The molecule has 0 unspecified atom stereocenters. The molecule has 1 aliphatic heterocycles. The van der Waals surface area contributed by atoms with Crippen molar-refractivity contribution in [3.05, 3.63) is 0 Å². The Hall–Kier alpha value is -0.300. The molecule has 1 rings (SSSR count). The number of ether oxygens (including phenoxy) is 1. The van der Waals surface area contributed by atoms with Crippen LogP contribution in [0.5, 0.6) is 0 Å². The maximum Gasteiger partial charge on any atom is 0.321 e. The average molecular weight is 276 g/mol. The molecule has 106 valence electrons. The number of carboxylic acid groups (broad SMARTS) is 1. The summed E-state index contributed by atoms with van der Waals surface area (Å²) in [5.41, 5.74) is 0. The first-order valence-corrected chi connectivity index (χ1v) is 7.24. The number of hydrogen-bond acceptors (Lipinski definition) is 5. The van der Waals surface area contributed by atoms with Crippen LogP contribution >= 0.6 is 12.6 Å². The molecule has 0 saturated carbocycles. The summed E-state index contributed by atoms with van der Waals surface area (Å²) in [7, 11) is 0. The Labute approximate surface area is 114 Å². The molecule has 0 aromatic heterocycles. The number of morpholine rings is 1. The first kappa shape index (κ1) is 15.8. The first-order valence-electron chi connectivity index (χ1n) is 6.61. The largest absolute Gasteiger partial charge is 0.480 e. The molecule has 5 nitrogen and oxygen atoms in total. The van der Waals surface area contributed by atoms with Crippen LogP contribution in [0.2, 0.25) is 0 Å². The second-order valence-electron chi connectivity index (χ2n) is 4.54. The SMILES string of the molecule is O=C(O)[C@H](CS)NCCCCCN1CCOCC1. The lowest BCUT2D eigenvalue weighted by Gasteiger charge is -2.26. The Morgan fingerprint density at radius 1 is 1.33 bits per heavy atom. The number of nitrogens with zero attached hydrogens (tertiary/aromatic N) is 1. The van der Waals surface area contributed by atoms with Gasteiger partial charge in [-0.25, -0.2) is 0 Å². The molecule has 0 amide bonds. The highest BCUT2D eigenvalue weighted by atomic mass is 32.1. The van der Waals surface area contributed by atoms with Crippen molar-refractivity contribution in [2.45, 2.75) is 25.3 Å². The monoisotopic (exact) mass is 276 g/mol. The third-order valence-electron chi connectivity index (χ3n) is 3.13. The van der Waals surface area contributed by atoms with E-state index in [1.54, 1.807) is 0 Å². The summed E-state index contributed by atoms with van der Waals surface area (Å²) in [4.78, 5) is 13.1. The molecule has 1 aliphatic rings. The highest BCUT2D eigenvalue weighted by Gasteiger charge is 2.13. The molecule has 1 atom stereocenters. The van der Waals surface area contributed by atoms with Crippen molar-refractivity contribution in [1.82, 2.24) is 10.2 Å². The van der Waals surface area contributed by atoms with Gasteiger partial charge in [-0.1, -0.05) is 6.42 Å². The van der Waals surface area contributed by atoms with Crippen molar-refractivity contribution >= 4 is 18.6 Å². The second kappa shape index (κ2) is 9.61. The number of carbonyl (C=O) groups is 1. The van der Waals surface area contributed by atoms with Gasteiger partial charge in [0.1, 0.15) is 6.04 Å². The second-order valence-corrected chi connectivity index (χ2v) is 4.91. The van der Waals surface area contributed by atoms with E-state index in [2.05, 4.69) is 22.8 Å². The normalized spacial score (nSPS) is 18.7. The van der Waals surface area contributed by atoms with Crippen molar-refractivity contribution < 1.29 is 14.6 Å². The lowest BCUT2D eigenvalue weighted by Crippen LogP contribution is -2.39. The zero-order valence-corrected chi connectivity index (χ0v) is 11.7. The number of rotatable bonds is 9. The van der Waals surface area contributed by atoms with E-state index in [0.717, 1.165) is 52.2 Å². The summed E-state index contributed by atoms with van der Waals surface area (Å²) < 4.78 is 5.29. The molecule has 0 radical (unpaired) electrons. The van der Waals surface area contributed by atoms with E-state index < -0.39 is 12.0 Å². The molecule has 6 heteroatoms. The molecular formula is C12H24N2O3S. The number of aliphatic carboxylic acids is 1. The Balaban J connectivity index is 1.93. The van der Waals surface area contributed by atoms with Crippen molar-refractivity contribution in [3.8, 4) is 0 Å². The summed E-state index contributed by atoms with van der Waals surface area (Å²) in [6.07, 6.45) is 3.31. The van der Waals surface area contributed by atoms with Crippen LogP contribution in [0.4, 0.5) is 0 Å². The fourth-order valence-corrected chi connectivity index (χ4v) is 2.25. The number of nitrogens with one attached hydrogen (secondary N) is 1. The van der Waals surface area contributed by atoms with Crippen molar-refractivity contribution in [1.29, 1.82) is 0 Å². The van der Waals surface area contributed by atoms with E-state index in [0.29, 0.717) is 5.75 Å². The van der Waals surface area contributed by atoms with E-state index in [1.165, 1.54) is 6.42 Å². The molecule has 0 aliphatic carbocycles. The van der Waals surface area contributed by atoms with Gasteiger partial charge in [0.2, 0.25) is 0 Å². The van der Waals surface area contributed by atoms with Crippen LogP contribution in [0.25, 0.3) is 0 Å². The van der Waals surface area contributed by atoms with Crippen molar-refractivity contribution in [2.75, 3.05) is 45.1 Å². The average Bonchev–Trinajstić information content (AvgIpc) is 2.38. The zero-order chi connectivity index (χ0) is 13.2. The van der Waals surface area contributed by atoms with Gasteiger partial charge < -0.3 is 15.2 Å². The minimum atomic E-state index is -0.821. The fraction of sp³-hybridized carbons (Fsp3) is 0.917. The quantitative estimate of drug-likeness (QED) is 0.422. The van der Waals surface area contributed by atoms with Gasteiger partial charge in [0, 0.05) is 18.8 Å². The smallest absolute Gasteiger partial charge is 0.321 e. The van der Waals surface area contributed by atoms with Crippen LogP contribution in [-0.4, -0.2) is 67.2 Å². The van der Waals surface area contributed by atoms with Gasteiger partial charge >= 0.3 is 5.97 Å². The van der Waals surface area contributed by atoms with Crippen LogP contribution in [-0.2, 0) is 9.53 Å². The summed E-state index contributed by atoms with van der Waals surface area (Å²) in [6.45, 7) is 5.66. The standard InChI is InChI=1S/C12H24N2O3S/c15-12(16)11(10-18)13-4-2-1-3-5-14-6-8-17-9-7-14/h11,13,18H,1-10H2,(H,15,16)/t11-/m0/s1. The van der Waals surface area contributed by atoms with Crippen LogP contribution in [0.15, 0.2) is 0 Å². The number of unbranched alkanes of at least 4 members (excludes halogenated alkanes) is 2. The molecule has 0 aromatic carbocycles. The van der Waals surface area contributed by atoms with Gasteiger partial charge in [-0.05, 0) is 25.9 Å². The highest BCUT2D eigenvalue weighted by molar-refractivity contribution is 7.80. The Morgan fingerprint density at radius 3 is 2.67 bits per heavy atom. The molecule has 1 fully saturated rings. The van der Waals surface area contributed by atoms with Gasteiger partial charge in [-0.2, -0.15) is 12.6 Å². The molecule has 0 spiro atoms. The van der Waals surface area contributed by atoms with Crippen LogP contribution in [0.3, 0.4) is 0 Å². The summed E-state index contributed by atoms with van der Waals surface area (Å²) in [5, 5.41) is 11.8. The third kappa shape index (κ3) is 6.58. The van der Waals surface area contributed by atoms with Crippen molar-refractivity contribution in [3.63, 3.8) is 0 Å². The minimum Gasteiger partial charge on any atom is -0.480 e. The van der Waals surface area contributed by atoms with Gasteiger partial charge in [-0.3, -0.25) is 9.69 Å².